The van der Waals surface area contributed by atoms with E-state index in [0.717, 1.165) is 31.0 Å². The van der Waals surface area contributed by atoms with Crippen LogP contribution in [0.4, 0.5) is 4.79 Å². The molecule has 0 saturated heterocycles. The Labute approximate surface area is 150 Å². The topological polar surface area (TPSA) is 62.8 Å². The molecule has 1 aliphatic heterocycles. The SMILES string of the molecule is CCN1CCc2cc(OC)c(OC)cc2[C@@H]1[C@@H](C)NC(=O)NC(C)C. The van der Waals surface area contributed by atoms with Gasteiger partial charge in [-0.15, -0.1) is 0 Å². The molecule has 2 N–H and O–H groups in total. The second-order valence-electron chi connectivity index (χ2n) is 6.79. The summed E-state index contributed by atoms with van der Waals surface area (Å²) in [7, 11) is 3.31. The summed E-state index contributed by atoms with van der Waals surface area (Å²) in [4.78, 5) is 14.5. The largest absolute Gasteiger partial charge is 0.493 e. The molecule has 1 aromatic carbocycles. The number of carbonyl (C=O) groups excluding carboxylic acids is 1. The van der Waals surface area contributed by atoms with Crippen LogP contribution in [0, 0.1) is 0 Å². The fraction of sp³-hybridized carbons (Fsp3) is 0.632. The average Bonchev–Trinajstić information content (AvgIpc) is 2.58. The Kier molecular flexibility index (Phi) is 6.53. The lowest BCUT2D eigenvalue weighted by atomic mass is 9.88. The standard InChI is InChI=1S/C19H31N3O3/c1-7-22-9-8-14-10-16(24-5)17(25-6)11-15(14)18(22)13(4)21-19(23)20-12(2)3/h10-13,18H,7-9H2,1-6H3,(H2,20,21,23)/t13-,18+/m1/s1. The molecule has 6 nitrogen and oxygen atoms in total. The molecule has 0 fully saturated rings. The molecule has 140 valence electrons. The maximum absolute atomic E-state index is 12.2. The molecule has 0 spiro atoms. The molecule has 0 saturated carbocycles. The van der Waals surface area contributed by atoms with E-state index < -0.39 is 0 Å². The number of hydrogen-bond acceptors (Lipinski definition) is 4. The number of fused-ring (bicyclic) bond motifs is 1. The molecule has 2 atom stereocenters. The van der Waals surface area contributed by atoms with E-state index in [2.05, 4.69) is 41.5 Å². The van der Waals surface area contributed by atoms with E-state index in [-0.39, 0.29) is 24.2 Å². The van der Waals surface area contributed by atoms with Crippen molar-refractivity contribution in [3.63, 3.8) is 0 Å². The van der Waals surface area contributed by atoms with E-state index in [1.54, 1.807) is 14.2 Å². The summed E-state index contributed by atoms with van der Waals surface area (Å²) in [6.07, 6.45) is 0.963. The summed E-state index contributed by atoms with van der Waals surface area (Å²) in [5.74, 6) is 1.48. The van der Waals surface area contributed by atoms with Crippen LogP contribution in [-0.2, 0) is 6.42 Å². The number of nitrogens with zero attached hydrogens (tertiary/aromatic N) is 1. The molecule has 1 aliphatic rings. The van der Waals surface area contributed by atoms with Gasteiger partial charge in [0, 0.05) is 18.6 Å². The van der Waals surface area contributed by atoms with Crippen LogP contribution in [-0.4, -0.2) is 50.3 Å². The number of rotatable bonds is 6. The number of likely N-dealkylation sites (N-methyl/N-ethyl adjacent to an activating group) is 1. The van der Waals surface area contributed by atoms with E-state index in [1.807, 2.05) is 13.8 Å². The van der Waals surface area contributed by atoms with Gasteiger partial charge in [0.1, 0.15) is 0 Å². The van der Waals surface area contributed by atoms with Gasteiger partial charge in [0.05, 0.1) is 20.3 Å². The maximum atomic E-state index is 12.2. The maximum Gasteiger partial charge on any atom is 0.315 e. The molecule has 6 heteroatoms. The molecule has 1 heterocycles. The fourth-order valence-corrected chi connectivity index (χ4v) is 3.56. The van der Waals surface area contributed by atoms with Crippen molar-refractivity contribution in [2.75, 3.05) is 27.3 Å². The molecule has 2 amide bonds. The van der Waals surface area contributed by atoms with E-state index in [0.29, 0.717) is 0 Å². The molecule has 0 aliphatic carbocycles. The van der Waals surface area contributed by atoms with Crippen molar-refractivity contribution < 1.29 is 14.3 Å². The number of urea groups is 1. The van der Waals surface area contributed by atoms with Gasteiger partial charge in [-0.25, -0.2) is 4.79 Å². The smallest absolute Gasteiger partial charge is 0.315 e. The van der Waals surface area contributed by atoms with Crippen LogP contribution in [0.2, 0.25) is 0 Å². The van der Waals surface area contributed by atoms with Crippen molar-refractivity contribution in [2.45, 2.75) is 52.2 Å². The van der Waals surface area contributed by atoms with Crippen LogP contribution in [0.25, 0.3) is 0 Å². The van der Waals surface area contributed by atoms with Crippen molar-refractivity contribution in [3.05, 3.63) is 23.3 Å². The molecular formula is C19H31N3O3. The van der Waals surface area contributed by atoms with Gasteiger partial charge in [-0.05, 0) is 57.0 Å². The van der Waals surface area contributed by atoms with Crippen molar-refractivity contribution >= 4 is 6.03 Å². The van der Waals surface area contributed by atoms with Crippen LogP contribution < -0.4 is 20.1 Å². The Morgan fingerprint density at radius 2 is 1.84 bits per heavy atom. The zero-order valence-corrected chi connectivity index (χ0v) is 16.2. The van der Waals surface area contributed by atoms with Crippen molar-refractivity contribution in [1.82, 2.24) is 15.5 Å². The van der Waals surface area contributed by atoms with Gasteiger partial charge in [-0.2, -0.15) is 0 Å². The zero-order chi connectivity index (χ0) is 18.6. The normalized spacial score (nSPS) is 18.4. The number of carbonyl (C=O) groups is 1. The summed E-state index contributed by atoms with van der Waals surface area (Å²) in [5.41, 5.74) is 2.45. The monoisotopic (exact) mass is 349 g/mol. The predicted molar refractivity (Wildman–Crippen MR) is 99.5 cm³/mol. The Hall–Kier alpha value is -1.95. The van der Waals surface area contributed by atoms with Crippen molar-refractivity contribution in [3.8, 4) is 11.5 Å². The number of nitrogens with one attached hydrogen (secondary N) is 2. The number of amides is 2. The average molecular weight is 349 g/mol. The van der Waals surface area contributed by atoms with Gasteiger partial charge >= 0.3 is 6.03 Å². The summed E-state index contributed by atoms with van der Waals surface area (Å²) in [5, 5.41) is 5.99. The molecule has 0 radical (unpaired) electrons. The van der Waals surface area contributed by atoms with Crippen LogP contribution in [0.1, 0.15) is 44.9 Å². The summed E-state index contributed by atoms with van der Waals surface area (Å²) in [6.45, 7) is 10.0. The first-order valence-electron chi connectivity index (χ1n) is 8.97. The minimum atomic E-state index is -0.133. The van der Waals surface area contributed by atoms with Gasteiger partial charge in [0.15, 0.2) is 11.5 Å². The van der Waals surface area contributed by atoms with Crippen LogP contribution >= 0.6 is 0 Å². The van der Waals surface area contributed by atoms with Crippen LogP contribution in [0.5, 0.6) is 11.5 Å². The summed E-state index contributed by atoms with van der Waals surface area (Å²) >= 11 is 0. The van der Waals surface area contributed by atoms with Gasteiger partial charge in [0.25, 0.3) is 0 Å². The first-order valence-corrected chi connectivity index (χ1v) is 8.97. The number of benzene rings is 1. The lowest BCUT2D eigenvalue weighted by Gasteiger charge is -2.40. The van der Waals surface area contributed by atoms with E-state index in [1.165, 1.54) is 11.1 Å². The first kappa shape index (κ1) is 19.4. The minimum absolute atomic E-state index is 0.0316. The molecule has 1 aromatic rings. The second-order valence-corrected chi connectivity index (χ2v) is 6.79. The number of methoxy groups -OCH3 is 2. The molecule has 2 rings (SSSR count). The highest BCUT2D eigenvalue weighted by Gasteiger charge is 2.32. The lowest BCUT2D eigenvalue weighted by Crippen LogP contribution is -2.51. The van der Waals surface area contributed by atoms with Gasteiger partial charge in [-0.3, -0.25) is 4.90 Å². The highest BCUT2D eigenvalue weighted by atomic mass is 16.5. The van der Waals surface area contributed by atoms with E-state index in [9.17, 15) is 4.79 Å². The number of ether oxygens (including phenoxy) is 2. The molecule has 0 unspecified atom stereocenters. The number of hydrogen-bond donors (Lipinski definition) is 2. The Morgan fingerprint density at radius 1 is 1.20 bits per heavy atom. The first-order chi connectivity index (χ1) is 11.9. The third-order valence-electron chi connectivity index (χ3n) is 4.68. The third kappa shape index (κ3) is 4.37. The molecule has 0 aromatic heterocycles. The highest BCUT2D eigenvalue weighted by molar-refractivity contribution is 5.74. The molecular weight excluding hydrogens is 318 g/mol. The van der Waals surface area contributed by atoms with Gasteiger partial charge < -0.3 is 20.1 Å². The second kappa shape index (κ2) is 8.43. The van der Waals surface area contributed by atoms with Crippen LogP contribution in [0.15, 0.2) is 12.1 Å². The summed E-state index contributed by atoms with van der Waals surface area (Å²) in [6, 6.07) is 4.17. The minimum Gasteiger partial charge on any atom is -0.493 e. The van der Waals surface area contributed by atoms with E-state index in [4.69, 9.17) is 9.47 Å². The van der Waals surface area contributed by atoms with Gasteiger partial charge in [0.2, 0.25) is 0 Å². The van der Waals surface area contributed by atoms with Crippen molar-refractivity contribution in [1.29, 1.82) is 0 Å². The fourth-order valence-electron chi connectivity index (χ4n) is 3.56. The summed E-state index contributed by atoms with van der Waals surface area (Å²) < 4.78 is 10.9. The zero-order valence-electron chi connectivity index (χ0n) is 16.2. The van der Waals surface area contributed by atoms with Gasteiger partial charge in [-0.1, -0.05) is 6.92 Å². The Morgan fingerprint density at radius 3 is 2.40 bits per heavy atom. The van der Waals surface area contributed by atoms with Crippen LogP contribution in [0.3, 0.4) is 0 Å². The molecule has 0 bridgehead atoms. The Bertz CT molecular complexity index is 604. The molecule has 25 heavy (non-hydrogen) atoms. The third-order valence-corrected chi connectivity index (χ3v) is 4.68. The Balaban J connectivity index is 2.33. The lowest BCUT2D eigenvalue weighted by molar-refractivity contribution is 0.158. The van der Waals surface area contributed by atoms with Crippen molar-refractivity contribution in [2.24, 2.45) is 0 Å². The predicted octanol–water partition coefficient (Wildman–Crippen LogP) is 2.72. The van der Waals surface area contributed by atoms with E-state index >= 15 is 0 Å². The highest BCUT2D eigenvalue weighted by Crippen LogP contribution is 2.39. The quantitative estimate of drug-likeness (QED) is 0.829.